The predicted octanol–water partition coefficient (Wildman–Crippen LogP) is 4.55. The molecular weight excluding hydrogens is 484 g/mol. The van der Waals surface area contributed by atoms with Crippen molar-refractivity contribution in [2.45, 2.75) is 38.6 Å². The minimum absolute atomic E-state index is 0.00716. The van der Waals surface area contributed by atoms with Crippen molar-refractivity contribution < 1.29 is 22.8 Å². The molecule has 0 saturated carbocycles. The van der Waals surface area contributed by atoms with Crippen molar-refractivity contribution in [1.82, 2.24) is 29.6 Å². The normalized spacial score (nSPS) is 14.5. The van der Waals surface area contributed by atoms with Crippen molar-refractivity contribution in [2.24, 2.45) is 0 Å². The summed E-state index contributed by atoms with van der Waals surface area (Å²) >= 11 is 0. The van der Waals surface area contributed by atoms with Crippen LogP contribution in [0.15, 0.2) is 35.2 Å². The van der Waals surface area contributed by atoms with Gasteiger partial charge in [-0.3, -0.25) is 4.79 Å². The van der Waals surface area contributed by atoms with Crippen LogP contribution < -0.4 is 9.64 Å². The van der Waals surface area contributed by atoms with Crippen molar-refractivity contribution in [1.29, 1.82) is 0 Å². The van der Waals surface area contributed by atoms with Gasteiger partial charge in [-0.2, -0.15) is 4.98 Å². The molecule has 1 amide bonds. The van der Waals surface area contributed by atoms with E-state index in [2.05, 4.69) is 20.1 Å². The molecule has 4 heterocycles. The molecule has 37 heavy (non-hydrogen) atoms. The molecule has 1 aromatic carbocycles. The Balaban J connectivity index is 1.35. The van der Waals surface area contributed by atoms with Crippen LogP contribution in [0.25, 0.3) is 11.0 Å². The van der Waals surface area contributed by atoms with Crippen LogP contribution in [0.3, 0.4) is 0 Å². The summed E-state index contributed by atoms with van der Waals surface area (Å²) in [6, 6.07) is 4.34. The molecule has 4 aromatic rings. The second-order valence-corrected chi connectivity index (χ2v) is 9.51. The van der Waals surface area contributed by atoms with Crippen molar-refractivity contribution >= 4 is 23.0 Å². The zero-order chi connectivity index (χ0) is 26.3. The lowest BCUT2D eigenvalue weighted by Crippen LogP contribution is -2.34. The molecule has 0 N–H and O–H groups in total. The lowest BCUT2D eigenvalue weighted by Gasteiger charge is -2.31. The summed E-state index contributed by atoms with van der Waals surface area (Å²) in [5, 5.41) is 4.14. The molecule has 0 spiro atoms. The third-order valence-corrected chi connectivity index (χ3v) is 6.40. The van der Waals surface area contributed by atoms with Crippen molar-refractivity contribution in [3.8, 4) is 11.6 Å². The summed E-state index contributed by atoms with van der Waals surface area (Å²) < 4.78 is 42.6. The van der Waals surface area contributed by atoms with E-state index in [4.69, 9.17) is 9.26 Å². The highest BCUT2D eigenvalue weighted by molar-refractivity contribution is 5.94. The Morgan fingerprint density at radius 2 is 1.92 bits per heavy atom. The van der Waals surface area contributed by atoms with Gasteiger partial charge in [-0.25, -0.2) is 18.7 Å². The van der Waals surface area contributed by atoms with Crippen LogP contribution in [0.1, 0.15) is 54.8 Å². The lowest BCUT2D eigenvalue weighted by molar-refractivity contribution is 0.0823. The largest absolute Gasteiger partial charge is 0.438 e. The summed E-state index contributed by atoms with van der Waals surface area (Å²) in [4.78, 5) is 28.3. The quantitative estimate of drug-likeness (QED) is 0.372. The number of ether oxygens (including phenoxy) is 1. The van der Waals surface area contributed by atoms with Crippen LogP contribution in [0.5, 0.6) is 11.6 Å². The van der Waals surface area contributed by atoms with Gasteiger partial charge in [0.2, 0.25) is 5.88 Å². The Labute approximate surface area is 211 Å². The maximum atomic E-state index is 15.1. The monoisotopic (exact) mass is 511 g/mol. The number of halogens is 2. The first-order chi connectivity index (χ1) is 17.7. The number of hydrogen-bond acceptors (Lipinski definition) is 8. The maximum Gasteiger partial charge on any atom is 0.324 e. The highest BCUT2D eigenvalue weighted by atomic mass is 19.1. The van der Waals surface area contributed by atoms with Gasteiger partial charge in [-0.1, -0.05) is 19.0 Å². The average molecular weight is 512 g/mol. The van der Waals surface area contributed by atoms with E-state index >= 15 is 4.39 Å². The molecular formula is C25H27F2N7O3. The Hall–Kier alpha value is -4.09. The molecule has 12 heteroatoms. The smallest absolute Gasteiger partial charge is 0.324 e. The van der Waals surface area contributed by atoms with Gasteiger partial charge in [0.15, 0.2) is 17.3 Å². The molecule has 194 valence electrons. The third kappa shape index (κ3) is 4.70. The molecule has 0 aliphatic carbocycles. The molecule has 1 saturated heterocycles. The van der Waals surface area contributed by atoms with Crippen LogP contribution in [0, 0.1) is 11.6 Å². The minimum atomic E-state index is -0.743. The first-order valence-corrected chi connectivity index (χ1v) is 12.0. The van der Waals surface area contributed by atoms with Crippen LogP contribution in [-0.4, -0.2) is 62.7 Å². The highest BCUT2D eigenvalue weighted by Crippen LogP contribution is 2.35. The Morgan fingerprint density at radius 1 is 1.16 bits per heavy atom. The van der Waals surface area contributed by atoms with Crippen LogP contribution in [0.4, 0.5) is 14.8 Å². The maximum absolute atomic E-state index is 15.1. The second-order valence-electron chi connectivity index (χ2n) is 9.51. The summed E-state index contributed by atoms with van der Waals surface area (Å²) in [5.74, 6) is -0.846. The summed E-state index contributed by atoms with van der Waals surface area (Å²) in [7, 11) is 3.07. The van der Waals surface area contributed by atoms with E-state index in [1.54, 1.807) is 4.57 Å². The topological polar surface area (TPSA) is 102 Å². The number of aromatic nitrogens is 5. The number of hydrogen-bond donors (Lipinski definition) is 0. The number of amides is 1. The van der Waals surface area contributed by atoms with Crippen LogP contribution in [0.2, 0.25) is 0 Å². The number of anilines is 1. The number of carbonyl (C=O) groups excluding carboxylic acids is 1. The molecule has 10 nitrogen and oxygen atoms in total. The molecule has 1 aliphatic rings. The van der Waals surface area contributed by atoms with E-state index < -0.39 is 17.5 Å². The third-order valence-electron chi connectivity index (χ3n) is 6.40. The number of benzene rings is 1. The van der Waals surface area contributed by atoms with Crippen LogP contribution in [-0.2, 0) is 0 Å². The number of rotatable bonds is 6. The number of carbonyl (C=O) groups is 1. The van der Waals surface area contributed by atoms with E-state index in [-0.39, 0.29) is 34.5 Å². The van der Waals surface area contributed by atoms with E-state index in [0.29, 0.717) is 30.6 Å². The van der Waals surface area contributed by atoms with Crippen molar-refractivity contribution in [2.75, 3.05) is 32.1 Å². The first-order valence-electron chi connectivity index (χ1n) is 12.0. The van der Waals surface area contributed by atoms with E-state index in [1.807, 2.05) is 18.7 Å². The van der Waals surface area contributed by atoms with Gasteiger partial charge in [0.1, 0.15) is 23.3 Å². The van der Waals surface area contributed by atoms with Gasteiger partial charge in [-0.05, 0) is 25.0 Å². The predicted molar refractivity (Wildman–Crippen MR) is 131 cm³/mol. The molecule has 0 unspecified atom stereocenters. The standard InChI is InChI=1S/C25H27F2N7O3/c1-14(2)21-30-25(37-31-21)33-9-7-15(8-10-33)34-12-19(27)20-22(34)28-13-29-23(20)36-16-5-6-17(18(26)11-16)24(35)32(3)4/h5-6,11-15H,7-10H2,1-4H3. The van der Waals surface area contributed by atoms with Gasteiger partial charge in [-0.15, -0.1) is 0 Å². The van der Waals surface area contributed by atoms with Crippen molar-refractivity contribution in [3.05, 3.63) is 53.7 Å². The van der Waals surface area contributed by atoms with Crippen LogP contribution >= 0.6 is 0 Å². The fourth-order valence-electron chi connectivity index (χ4n) is 4.38. The second kappa shape index (κ2) is 9.75. The van der Waals surface area contributed by atoms with Gasteiger partial charge < -0.3 is 23.6 Å². The van der Waals surface area contributed by atoms with Gasteiger partial charge in [0, 0.05) is 51.4 Å². The van der Waals surface area contributed by atoms with Gasteiger partial charge >= 0.3 is 6.01 Å². The highest BCUT2D eigenvalue weighted by Gasteiger charge is 2.28. The Morgan fingerprint density at radius 3 is 2.57 bits per heavy atom. The Bertz CT molecular complexity index is 1440. The Kier molecular flexibility index (Phi) is 6.48. The number of piperidine rings is 1. The summed E-state index contributed by atoms with van der Waals surface area (Å²) in [6.45, 7) is 5.34. The zero-order valence-corrected chi connectivity index (χ0v) is 21.0. The molecule has 1 fully saturated rings. The summed E-state index contributed by atoms with van der Waals surface area (Å²) in [6.07, 6.45) is 4.12. The fourth-order valence-corrected chi connectivity index (χ4v) is 4.38. The molecule has 0 radical (unpaired) electrons. The molecule has 0 bridgehead atoms. The molecule has 5 rings (SSSR count). The molecule has 0 atom stereocenters. The van der Waals surface area contributed by atoms with Crippen molar-refractivity contribution in [3.63, 3.8) is 0 Å². The molecule has 1 aliphatic heterocycles. The number of fused-ring (bicyclic) bond motifs is 1. The molecule has 3 aromatic heterocycles. The SMILES string of the molecule is CC(C)c1noc(N2CCC(n3cc(F)c4c(Oc5ccc(C(=O)N(C)C)c(F)c5)ncnc43)CC2)n1. The minimum Gasteiger partial charge on any atom is -0.438 e. The van der Waals surface area contributed by atoms with E-state index in [1.165, 1.54) is 43.7 Å². The average Bonchev–Trinajstić information content (AvgIpc) is 3.50. The zero-order valence-electron chi connectivity index (χ0n) is 21.0. The lowest BCUT2D eigenvalue weighted by atomic mass is 10.1. The van der Waals surface area contributed by atoms with Gasteiger partial charge in [0.25, 0.3) is 5.91 Å². The number of nitrogens with zero attached hydrogens (tertiary/aromatic N) is 7. The van der Waals surface area contributed by atoms with E-state index in [0.717, 1.165) is 18.9 Å². The summed E-state index contributed by atoms with van der Waals surface area (Å²) in [5.41, 5.74) is 0.301. The van der Waals surface area contributed by atoms with E-state index in [9.17, 15) is 9.18 Å². The van der Waals surface area contributed by atoms with Gasteiger partial charge in [0.05, 0.1) is 5.56 Å². The first kappa shape index (κ1) is 24.6. The fraction of sp³-hybridized carbons (Fsp3) is 0.400.